The van der Waals surface area contributed by atoms with E-state index in [2.05, 4.69) is 20.4 Å². The Morgan fingerprint density at radius 1 is 1.27 bits per heavy atom. The summed E-state index contributed by atoms with van der Waals surface area (Å²) in [6.07, 6.45) is 4.04. The van der Waals surface area contributed by atoms with Crippen molar-refractivity contribution in [1.29, 1.82) is 0 Å². The van der Waals surface area contributed by atoms with Gasteiger partial charge in [0, 0.05) is 26.3 Å². The van der Waals surface area contributed by atoms with Crippen molar-refractivity contribution >= 4 is 5.91 Å². The molecular weight excluding hydrogens is 332 g/mol. The highest BCUT2D eigenvalue weighted by Gasteiger charge is 2.36. The van der Waals surface area contributed by atoms with E-state index in [1.54, 1.807) is 24.4 Å². The van der Waals surface area contributed by atoms with Crippen molar-refractivity contribution in [3.05, 3.63) is 54.1 Å². The molecule has 2 aromatic heterocycles. The summed E-state index contributed by atoms with van der Waals surface area (Å²) in [6.45, 7) is 1.46. The van der Waals surface area contributed by atoms with Crippen LogP contribution in [0.15, 0.2) is 42.7 Å². The van der Waals surface area contributed by atoms with Crippen LogP contribution in [0.2, 0.25) is 0 Å². The standard InChI is InChI=1S/C18H20N6O2/c1-26-8-7-23-12-16-21-22-17(14-10-19-20-11-14)24(16)15(18(23)25)9-13-5-3-2-4-6-13/h2-6,10-11,15H,7-9,12H2,1H3,(H,19,20)/t15-/m1/s1. The second-order valence-electron chi connectivity index (χ2n) is 6.25. The van der Waals surface area contributed by atoms with E-state index in [0.717, 1.165) is 17.0 Å². The van der Waals surface area contributed by atoms with E-state index in [-0.39, 0.29) is 5.91 Å². The highest BCUT2D eigenvalue weighted by molar-refractivity contribution is 5.82. The number of hydrogen-bond donors (Lipinski definition) is 1. The maximum Gasteiger partial charge on any atom is 0.246 e. The molecule has 0 saturated heterocycles. The third-order valence-electron chi connectivity index (χ3n) is 4.60. The number of hydrogen-bond acceptors (Lipinski definition) is 5. The lowest BCUT2D eigenvalue weighted by Gasteiger charge is -2.33. The lowest BCUT2D eigenvalue weighted by atomic mass is 10.0. The van der Waals surface area contributed by atoms with Crippen LogP contribution in [-0.2, 0) is 22.5 Å². The molecule has 4 rings (SSSR count). The monoisotopic (exact) mass is 352 g/mol. The molecule has 1 amide bonds. The number of ether oxygens (including phenoxy) is 1. The minimum Gasteiger partial charge on any atom is -0.383 e. The van der Waals surface area contributed by atoms with Crippen LogP contribution in [0.1, 0.15) is 17.4 Å². The van der Waals surface area contributed by atoms with Crippen LogP contribution in [0.5, 0.6) is 0 Å². The first-order valence-corrected chi connectivity index (χ1v) is 8.52. The molecule has 0 unspecified atom stereocenters. The number of fused-ring (bicyclic) bond motifs is 1. The van der Waals surface area contributed by atoms with Gasteiger partial charge in [-0.2, -0.15) is 5.10 Å². The quantitative estimate of drug-likeness (QED) is 0.725. The van der Waals surface area contributed by atoms with Gasteiger partial charge in [0.25, 0.3) is 0 Å². The summed E-state index contributed by atoms with van der Waals surface area (Å²) in [5, 5.41) is 15.4. The molecule has 1 aromatic carbocycles. The van der Waals surface area contributed by atoms with Crippen molar-refractivity contribution in [2.24, 2.45) is 0 Å². The fraction of sp³-hybridized carbons (Fsp3) is 0.333. The fourth-order valence-corrected chi connectivity index (χ4v) is 3.31. The number of aromatic amines is 1. The number of H-pyrrole nitrogens is 1. The molecule has 0 fully saturated rings. The van der Waals surface area contributed by atoms with E-state index in [4.69, 9.17) is 4.74 Å². The summed E-state index contributed by atoms with van der Waals surface area (Å²) in [7, 11) is 1.63. The van der Waals surface area contributed by atoms with Crippen LogP contribution in [0, 0.1) is 0 Å². The predicted octanol–water partition coefficient (Wildman–Crippen LogP) is 1.44. The molecule has 1 atom stereocenters. The van der Waals surface area contributed by atoms with Crippen LogP contribution in [-0.4, -0.2) is 56.0 Å². The van der Waals surface area contributed by atoms with Gasteiger partial charge >= 0.3 is 0 Å². The van der Waals surface area contributed by atoms with Gasteiger partial charge < -0.3 is 9.64 Å². The van der Waals surface area contributed by atoms with Crippen molar-refractivity contribution in [2.75, 3.05) is 20.3 Å². The van der Waals surface area contributed by atoms with Gasteiger partial charge in [-0.1, -0.05) is 30.3 Å². The van der Waals surface area contributed by atoms with Gasteiger partial charge in [-0.3, -0.25) is 14.5 Å². The van der Waals surface area contributed by atoms with Crippen LogP contribution < -0.4 is 0 Å². The predicted molar refractivity (Wildman–Crippen MR) is 94.1 cm³/mol. The van der Waals surface area contributed by atoms with E-state index in [0.29, 0.717) is 31.9 Å². The zero-order valence-corrected chi connectivity index (χ0v) is 14.5. The number of nitrogens with zero attached hydrogens (tertiary/aromatic N) is 5. The van der Waals surface area contributed by atoms with Gasteiger partial charge in [-0.15, -0.1) is 10.2 Å². The van der Waals surface area contributed by atoms with E-state index in [1.807, 2.05) is 34.9 Å². The van der Waals surface area contributed by atoms with Crippen molar-refractivity contribution in [3.63, 3.8) is 0 Å². The minimum atomic E-state index is -0.391. The number of amides is 1. The first-order valence-electron chi connectivity index (χ1n) is 8.52. The highest BCUT2D eigenvalue weighted by atomic mass is 16.5. The number of nitrogens with one attached hydrogen (secondary N) is 1. The number of methoxy groups -OCH3 is 1. The van der Waals surface area contributed by atoms with Gasteiger partial charge in [0.15, 0.2) is 11.6 Å². The minimum absolute atomic E-state index is 0.0583. The zero-order chi connectivity index (χ0) is 17.9. The Balaban J connectivity index is 1.74. The van der Waals surface area contributed by atoms with E-state index in [1.165, 1.54) is 0 Å². The third-order valence-corrected chi connectivity index (χ3v) is 4.60. The summed E-state index contributed by atoms with van der Waals surface area (Å²) in [6, 6.07) is 9.60. The largest absolute Gasteiger partial charge is 0.383 e. The molecule has 1 aliphatic heterocycles. The molecule has 1 aliphatic rings. The van der Waals surface area contributed by atoms with Crippen molar-refractivity contribution in [2.45, 2.75) is 19.0 Å². The van der Waals surface area contributed by atoms with Crippen molar-refractivity contribution < 1.29 is 9.53 Å². The Morgan fingerprint density at radius 3 is 2.85 bits per heavy atom. The second kappa shape index (κ2) is 7.09. The summed E-state index contributed by atoms with van der Waals surface area (Å²) >= 11 is 0. The molecule has 3 heterocycles. The Kier molecular flexibility index (Phi) is 4.49. The molecule has 8 heteroatoms. The summed E-state index contributed by atoms with van der Waals surface area (Å²) in [5.74, 6) is 1.50. The molecule has 134 valence electrons. The smallest absolute Gasteiger partial charge is 0.246 e. The molecule has 8 nitrogen and oxygen atoms in total. The molecule has 1 N–H and O–H groups in total. The highest BCUT2D eigenvalue weighted by Crippen LogP contribution is 2.30. The molecule has 0 radical (unpaired) electrons. The topological polar surface area (TPSA) is 88.9 Å². The maximum atomic E-state index is 13.2. The van der Waals surface area contributed by atoms with Gasteiger partial charge in [-0.05, 0) is 5.56 Å². The Hall–Kier alpha value is -3.00. The maximum absolute atomic E-state index is 13.2. The lowest BCUT2D eigenvalue weighted by molar-refractivity contribution is -0.138. The van der Waals surface area contributed by atoms with E-state index >= 15 is 0 Å². The molecule has 0 bridgehead atoms. The Bertz CT molecular complexity index is 874. The molecule has 0 saturated carbocycles. The van der Waals surface area contributed by atoms with Gasteiger partial charge in [0.1, 0.15) is 6.04 Å². The third kappa shape index (κ3) is 2.99. The summed E-state index contributed by atoms with van der Waals surface area (Å²) in [4.78, 5) is 15.0. The van der Waals surface area contributed by atoms with Crippen molar-refractivity contribution in [3.8, 4) is 11.4 Å². The van der Waals surface area contributed by atoms with Gasteiger partial charge in [-0.25, -0.2) is 0 Å². The first kappa shape index (κ1) is 16.5. The molecule has 3 aromatic rings. The van der Waals surface area contributed by atoms with Crippen LogP contribution in [0.25, 0.3) is 11.4 Å². The van der Waals surface area contributed by atoms with Crippen LogP contribution >= 0.6 is 0 Å². The normalized spacial score (nSPS) is 16.7. The second-order valence-corrected chi connectivity index (χ2v) is 6.25. The van der Waals surface area contributed by atoms with Crippen molar-refractivity contribution in [1.82, 2.24) is 29.9 Å². The number of carbonyl (C=O) groups excluding carboxylic acids is 1. The van der Waals surface area contributed by atoms with Gasteiger partial charge in [0.2, 0.25) is 5.91 Å². The zero-order valence-electron chi connectivity index (χ0n) is 14.5. The Morgan fingerprint density at radius 2 is 2.12 bits per heavy atom. The van der Waals surface area contributed by atoms with E-state index < -0.39 is 6.04 Å². The lowest BCUT2D eigenvalue weighted by Crippen LogP contribution is -2.45. The first-order chi connectivity index (χ1) is 12.8. The fourth-order valence-electron chi connectivity index (χ4n) is 3.31. The molecule has 0 spiro atoms. The molecular formula is C18H20N6O2. The summed E-state index contributed by atoms with van der Waals surface area (Å²) in [5.41, 5.74) is 1.91. The van der Waals surface area contributed by atoms with Crippen LogP contribution in [0.4, 0.5) is 0 Å². The molecule has 0 aliphatic carbocycles. The number of rotatable bonds is 6. The number of carbonyl (C=O) groups is 1. The van der Waals surface area contributed by atoms with Gasteiger partial charge in [0.05, 0.1) is 24.9 Å². The van der Waals surface area contributed by atoms with Crippen LogP contribution in [0.3, 0.4) is 0 Å². The SMILES string of the molecule is COCCN1Cc2nnc(-c3cn[nH]c3)n2[C@H](Cc2ccccc2)C1=O. The average Bonchev–Trinajstić information content (AvgIpc) is 3.33. The van der Waals surface area contributed by atoms with E-state index in [9.17, 15) is 4.79 Å². The average molecular weight is 352 g/mol. The summed E-state index contributed by atoms with van der Waals surface area (Å²) < 4.78 is 7.10. The number of benzene rings is 1. The Labute approximate surface area is 150 Å². The number of aromatic nitrogens is 5. The molecule has 26 heavy (non-hydrogen) atoms.